The molecule has 0 N–H and O–H groups in total. The summed E-state index contributed by atoms with van der Waals surface area (Å²) < 4.78 is 2.57. The summed E-state index contributed by atoms with van der Waals surface area (Å²) in [6.45, 7) is 4.84. The van der Waals surface area contributed by atoms with Crippen LogP contribution in [0.3, 0.4) is 0 Å². The number of hydrogen-bond acceptors (Lipinski definition) is 1. The topological polar surface area (TPSA) is 8.17 Å². The van der Waals surface area contributed by atoms with Crippen molar-refractivity contribution in [2.75, 3.05) is 0 Å². The van der Waals surface area contributed by atoms with Crippen molar-refractivity contribution < 1.29 is 0 Å². The van der Waals surface area contributed by atoms with E-state index in [1.165, 1.54) is 61.4 Å². The molecule has 10 rings (SSSR count). The molecule has 0 saturated heterocycles. The molecule has 2 nitrogen and oxygen atoms in total. The largest absolute Gasteiger partial charge is 0.335 e. The number of rotatable bonds is 6. The second kappa shape index (κ2) is 13.4. The van der Waals surface area contributed by atoms with Crippen molar-refractivity contribution in [3.8, 4) is 0 Å². The van der Waals surface area contributed by atoms with Gasteiger partial charge < -0.3 is 9.47 Å². The normalized spacial score (nSPS) is 24.8. The van der Waals surface area contributed by atoms with Gasteiger partial charge in [-0.1, -0.05) is 165 Å². The Morgan fingerprint density at radius 3 is 2.43 bits per heavy atom. The van der Waals surface area contributed by atoms with Gasteiger partial charge in [-0.05, 0) is 90.3 Å². The Hall–Kier alpha value is -5.60. The molecule has 0 fully saturated rings. The van der Waals surface area contributed by atoms with E-state index in [1.54, 1.807) is 5.57 Å². The van der Waals surface area contributed by atoms with E-state index in [9.17, 15) is 0 Å². The molecule has 6 aliphatic carbocycles. The minimum absolute atomic E-state index is 0.00916. The van der Waals surface area contributed by atoms with Crippen LogP contribution in [0, 0.1) is 5.92 Å². The van der Waals surface area contributed by atoms with Crippen LogP contribution in [0.25, 0.3) is 22.6 Å². The summed E-state index contributed by atoms with van der Waals surface area (Å²) in [7, 11) is 0. The van der Waals surface area contributed by atoms with E-state index in [-0.39, 0.29) is 11.5 Å². The van der Waals surface area contributed by atoms with E-state index in [1.807, 2.05) is 0 Å². The summed E-state index contributed by atoms with van der Waals surface area (Å²) in [6.07, 6.45) is 40.9. The average Bonchev–Trinajstić information content (AvgIpc) is 3.53. The molecule has 0 radical (unpaired) electrons. The fourth-order valence-corrected chi connectivity index (χ4v) is 10.1. The molecule has 4 unspecified atom stereocenters. The number of aromatic nitrogens is 1. The molecule has 6 aliphatic rings. The molecule has 54 heavy (non-hydrogen) atoms. The van der Waals surface area contributed by atoms with Crippen LogP contribution < -0.4 is 0 Å². The molecule has 3 aromatic carbocycles. The summed E-state index contributed by atoms with van der Waals surface area (Å²) in [6, 6.07) is 29.5. The number of nitrogens with zero attached hydrogens (tertiary/aromatic N) is 2. The molecule has 0 saturated carbocycles. The molecule has 0 spiro atoms. The molecular formula is C52H48N2. The Morgan fingerprint density at radius 1 is 0.722 bits per heavy atom. The van der Waals surface area contributed by atoms with Crippen molar-refractivity contribution >= 4 is 22.6 Å². The zero-order chi connectivity index (χ0) is 36.2. The lowest BCUT2D eigenvalue weighted by Crippen LogP contribution is -2.33. The van der Waals surface area contributed by atoms with Crippen LogP contribution in [-0.2, 0) is 11.8 Å². The highest BCUT2D eigenvalue weighted by molar-refractivity contribution is 5.89. The number of allylic oxidation sites excluding steroid dienone is 15. The predicted octanol–water partition coefficient (Wildman–Crippen LogP) is 12.7. The first kappa shape index (κ1) is 33.0. The van der Waals surface area contributed by atoms with Gasteiger partial charge in [-0.2, -0.15) is 0 Å². The Labute approximate surface area is 320 Å². The summed E-state index contributed by atoms with van der Waals surface area (Å²) in [4.78, 5) is 2.63. The molecule has 4 atom stereocenters. The maximum Gasteiger partial charge on any atom is 0.0560 e. The molecule has 1 heterocycles. The lowest BCUT2D eigenvalue weighted by molar-refractivity contribution is 0.377. The van der Waals surface area contributed by atoms with Gasteiger partial charge in [0.15, 0.2) is 0 Å². The van der Waals surface area contributed by atoms with Gasteiger partial charge >= 0.3 is 0 Å². The third kappa shape index (κ3) is 5.54. The number of hydrogen-bond donors (Lipinski definition) is 0. The van der Waals surface area contributed by atoms with Gasteiger partial charge in [-0.3, -0.25) is 0 Å². The van der Waals surface area contributed by atoms with Gasteiger partial charge in [-0.25, -0.2) is 0 Å². The number of para-hydroxylation sites is 1. The van der Waals surface area contributed by atoms with E-state index >= 15 is 0 Å². The summed E-state index contributed by atoms with van der Waals surface area (Å²) in [5, 5.41) is 1.40. The Morgan fingerprint density at radius 2 is 1.57 bits per heavy atom. The smallest absolute Gasteiger partial charge is 0.0560 e. The van der Waals surface area contributed by atoms with Crippen LogP contribution in [0.5, 0.6) is 0 Å². The summed E-state index contributed by atoms with van der Waals surface area (Å²) >= 11 is 0. The second-order valence-corrected chi connectivity index (χ2v) is 16.3. The van der Waals surface area contributed by atoms with Gasteiger partial charge in [0, 0.05) is 45.2 Å². The monoisotopic (exact) mass is 700 g/mol. The van der Waals surface area contributed by atoms with Crippen LogP contribution in [0.2, 0.25) is 0 Å². The molecule has 0 bridgehead atoms. The molecule has 0 aliphatic heterocycles. The maximum absolute atomic E-state index is 2.63. The zero-order valence-corrected chi connectivity index (χ0v) is 31.4. The number of benzene rings is 3. The first-order chi connectivity index (χ1) is 26.5. The third-order valence-corrected chi connectivity index (χ3v) is 12.9. The van der Waals surface area contributed by atoms with E-state index in [4.69, 9.17) is 0 Å². The Kier molecular flexibility index (Phi) is 8.17. The summed E-state index contributed by atoms with van der Waals surface area (Å²) in [5.41, 5.74) is 15.4. The van der Waals surface area contributed by atoms with Gasteiger partial charge in [0.25, 0.3) is 0 Å². The van der Waals surface area contributed by atoms with E-state index in [0.29, 0.717) is 17.9 Å². The molecule has 0 amide bonds. The van der Waals surface area contributed by atoms with E-state index < -0.39 is 0 Å². The Balaban J connectivity index is 0.994. The minimum Gasteiger partial charge on any atom is -0.335 e. The van der Waals surface area contributed by atoms with Crippen molar-refractivity contribution in [1.82, 2.24) is 9.47 Å². The fourth-order valence-electron chi connectivity index (χ4n) is 10.1. The molecule has 266 valence electrons. The van der Waals surface area contributed by atoms with Gasteiger partial charge in [0.2, 0.25) is 0 Å². The predicted molar refractivity (Wildman–Crippen MR) is 227 cm³/mol. The van der Waals surface area contributed by atoms with Crippen LogP contribution in [0.4, 0.5) is 0 Å². The van der Waals surface area contributed by atoms with Crippen molar-refractivity contribution in [3.63, 3.8) is 0 Å². The zero-order valence-electron chi connectivity index (χ0n) is 31.4. The second-order valence-electron chi connectivity index (χ2n) is 16.3. The fraction of sp³-hybridized carbons (Fsp3) is 0.231. The van der Waals surface area contributed by atoms with Crippen molar-refractivity contribution in [1.29, 1.82) is 0 Å². The van der Waals surface area contributed by atoms with Crippen LogP contribution in [0.15, 0.2) is 186 Å². The van der Waals surface area contributed by atoms with Crippen LogP contribution in [-0.4, -0.2) is 15.5 Å². The molecule has 4 aromatic rings. The number of fused-ring (bicyclic) bond motifs is 6. The minimum atomic E-state index is 0.00916. The van der Waals surface area contributed by atoms with Crippen LogP contribution >= 0.6 is 0 Å². The summed E-state index contributed by atoms with van der Waals surface area (Å²) in [5.74, 6) is 0.825. The van der Waals surface area contributed by atoms with Gasteiger partial charge in [-0.15, -0.1) is 0 Å². The first-order valence-corrected chi connectivity index (χ1v) is 20.0. The Bertz CT molecular complexity index is 2460. The molecule has 1 aromatic heterocycles. The average molecular weight is 701 g/mol. The lowest BCUT2D eigenvalue weighted by Gasteiger charge is -2.37. The highest BCUT2D eigenvalue weighted by Gasteiger charge is 2.42. The lowest BCUT2D eigenvalue weighted by atomic mass is 9.78. The quantitative estimate of drug-likeness (QED) is 0.194. The van der Waals surface area contributed by atoms with Gasteiger partial charge in [0.1, 0.15) is 0 Å². The maximum atomic E-state index is 2.63. The van der Waals surface area contributed by atoms with E-state index in [2.05, 4.69) is 193 Å². The van der Waals surface area contributed by atoms with Crippen molar-refractivity contribution in [3.05, 3.63) is 214 Å². The SMILES string of the molecule is CC1(C)C2=CC(N(C3=CC=C(C4C=Cc5c(c6ccccc6n5C5C=CC=CC5)C4)CC=C3)C3C=CC(c4ccccc4)=CC3)=CCC2c2ccccc21. The highest BCUT2D eigenvalue weighted by Crippen LogP contribution is 2.54. The third-order valence-electron chi connectivity index (χ3n) is 12.9. The molecule has 2 heteroatoms. The van der Waals surface area contributed by atoms with E-state index in [0.717, 1.165) is 32.1 Å². The highest BCUT2D eigenvalue weighted by atomic mass is 15.2. The standard InChI is InChI=1S/C52H48N2/c1-52(2)48-22-11-9-20-44(48)45-32-31-43(35-49(45)52)53(42-29-25-38(26-30-42)36-14-5-3-6-15-36)41-19-13-16-37(24-28-41)39-27-33-51-47(34-39)46-21-10-12-23-50(46)54(51)40-17-7-4-8-18-40/h3-15,17,19-29,31,33,35,39-40,42,45H,16,18,30,32,34H2,1-2H3. The van der Waals surface area contributed by atoms with Crippen molar-refractivity contribution in [2.45, 2.75) is 69.4 Å². The first-order valence-electron chi connectivity index (χ1n) is 20.0. The molecular weight excluding hydrogens is 653 g/mol. The van der Waals surface area contributed by atoms with Crippen LogP contribution in [0.1, 0.15) is 79.4 Å². The van der Waals surface area contributed by atoms with Gasteiger partial charge in [0.05, 0.1) is 12.1 Å². The van der Waals surface area contributed by atoms with Crippen molar-refractivity contribution in [2.24, 2.45) is 5.92 Å².